The molecule has 0 aliphatic carbocycles. The van der Waals surface area contributed by atoms with E-state index in [4.69, 9.17) is 9.84 Å². The van der Waals surface area contributed by atoms with Crippen LogP contribution in [0.3, 0.4) is 0 Å². The van der Waals surface area contributed by atoms with Gasteiger partial charge < -0.3 is 9.84 Å². The van der Waals surface area contributed by atoms with Gasteiger partial charge in [-0.05, 0) is 42.3 Å². The Morgan fingerprint density at radius 3 is 2.65 bits per heavy atom. The highest BCUT2D eigenvalue weighted by molar-refractivity contribution is 9.10. The summed E-state index contributed by atoms with van der Waals surface area (Å²) in [6.07, 6.45) is 0. The molecule has 0 saturated carbocycles. The molecule has 6 heteroatoms. The zero-order chi connectivity index (χ0) is 14.7. The highest BCUT2D eigenvalue weighted by atomic mass is 79.9. The van der Waals surface area contributed by atoms with Crippen molar-refractivity contribution in [3.63, 3.8) is 0 Å². The molecule has 20 heavy (non-hydrogen) atoms. The monoisotopic (exact) mass is 337 g/mol. The number of hydrogen-bond donors (Lipinski definition) is 1. The maximum atomic E-state index is 11.0. The molecule has 104 valence electrons. The van der Waals surface area contributed by atoms with Gasteiger partial charge in [0.25, 0.3) is 0 Å². The molecule has 0 radical (unpaired) electrons. The maximum absolute atomic E-state index is 11.0. The summed E-state index contributed by atoms with van der Waals surface area (Å²) >= 11 is 3.38. The minimum atomic E-state index is -0.528. The molecular formula is C14H12BrNO4. The minimum absolute atomic E-state index is 0.147. The first kappa shape index (κ1) is 14.5. The Balaban J connectivity index is 2.37. The molecular weight excluding hydrogens is 326 g/mol. The van der Waals surface area contributed by atoms with Crippen molar-refractivity contribution in [1.82, 2.24) is 0 Å². The number of rotatable bonds is 4. The number of aliphatic hydroxyl groups excluding tert-OH is 1. The van der Waals surface area contributed by atoms with E-state index in [0.717, 1.165) is 10.0 Å². The molecule has 0 unspecified atom stereocenters. The van der Waals surface area contributed by atoms with E-state index in [0.29, 0.717) is 11.3 Å². The van der Waals surface area contributed by atoms with Gasteiger partial charge in [-0.25, -0.2) is 0 Å². The molecule has 0 atom stereocenters. The van der Waals surface area contributed by atoms with Crippen LogP contribution in [0.4, 0.5) is 5.69 Å². The lowest BCUT2D eigenvalue weighted by Crippen LogP contribution is -1.95. The fraction of sp³-hybridized carbons (Fsp3) is 0.143. The van der Waals surface area contributed by atoms with E-state index in [-0.39, 0.29) is 18.0 Å². The molecule has 2 aromatic rings. The largest absolute Gasteiger partial charge is 0.450 e. The van der Waals surface area contributed by atoms with Crippen LogP contribution in [-0.4, -0.2) is 10.0 Å². The normalized spacial score (nSPS) is 10.3. The summed E-state index contributed by atoms with van der Waals surface area (Å²) in [6, 6.07) is 9.71. The van der Waals surface area contributed by atoms with Crippen LogP contribution in [0.25, 0.3) is 0 Å². The van der Waals surface area contributed by atoms with Gasteiger partial charge in [0.15, 0.2) is 0 Å². The predicted octanol–water partition coefficient (Wildman–Crippen LogP) is 3.95. The minimum Gasteiger partial charge on any atom is -0.450 e. The van der Waals surface area contributed by atoms with Crippen molar-refractivity contribution in [2.24, 2.45) is 0 Å². The van der Waals surface area contributed by atoms with E-state index >= 15 is 0 Å². The summed E-state index contributed by atoms with van der Waals surface area (Å²) in [4.78, 5) is 10.5. The number of nitrogens with zero attached hydrogens (tertiary/aromatic N) is 1. The average Bonchev–Trinajstić information content (AvgIpc) is 2.43. The number of aliphatic hydroxyl groups is 1. The second-order valence-electron chi connectivity index (χ2n) is 4.23. The van der Waals surface area contributed by atoms with Crippen LogP contribution in [0.1, 0.15) is 11.1 Å². The highest BCUT2D eigenvalue weighted by Gasteiger charge is 2.16. The third-order valence-electron chi connectivity index (χ3n) is 2.76. The van der Waals surface area contributed by atoms with Crippen LogP contribution in [0.15, 0.2) is 40.9 Å². The number of hydrogen-bond acceptors (Lipinski definition) is 4. The summed E-state index contributed by atoms with van der Waals surface area (Å²) in [7, 11) is 0. The standard InChI is InChI=1S/C14H12BrNO4/c1-9-6-11(3-4-12(9)15)20-14-5-2-10(8-17)7-13(14)16(18)19/h2-7,17H,8H2,1H3. The Bertz CT molecular complexity index is 658. The molecule has 0 spiro atoms. The summed E-state index contributed by atoms with van der Waals surface area (Å²) in [5.41, 5.74) is 1.27. The predicted molar refractivity (Wildman–Crippen MR) is 78.0 cm³/mol. The van der Waals surface area contributed by atoms with Gasteiger partial charge in [-0.2, -0.15) is 0 Å². The number of nitro benzene ring substituents is 1. The number of nitro groups is 1. The van der Waals surface area contributed by atoms with Crippen LogP contribution < -0.4 is 4.74 Å². The third kappa shape index (κ3) is 3.15. The second-order valence-corrected chi connectivity index (χ2v) is 5.08. The van der Waals surface area contributed by atoms with Crippen molar-refractivity contribution in [2.75, 3.05) is 0 Å². The van der Waals surface area contributed by atoms with E-state index in [1.807, 2.05) is 13.0 Å². The fourth-order valence-corrected chi connectivity index (χ4v) is 1.94. The zero-order valence-corrected chi connectivity index (χ0v) is 12.3. The molecule has 2 rings (SSSR count). The Morgan fingerprint density at radius 2 is 2.05 bits per heavy atom. The Morgan fingerprint density at radius 1 is 1.30 bits per heavy atom. The molecule has 0 aliphatic heterocycles. The molecule has 0 amide bonds. The van der Waals surface area contributed by atoms with Crippen molar-refractivity contribution in [1.29, 1.82) is 0 Å². The van der Waals surface area contributed by atoms with Gasteiger partial charge in [-0.1, -0.05) is 22.0 Å². The maximum Gasteiger partial charge on any atom is 0.311 e. The summed E-state index contributed by atoms with van der Waals surface area (Å²) < 4.78 is 6.50. The number of aryl methyl sites for hydroxylation is 1. The lowest BCUT2D eigenvalue weighted by molar-refractivity contribution is -0.385. The number of benzene rings is 2. The highest BCUT2D eigenvalue weighted by Crippen LogP contribution is 2.33. The quantitative estimate of drug-likeness (QED) is 0.677. The molecule has 0 bridgehead atoms. The number of halogens is 1. The van der Waals surface area contributed by atoms with Gasteiger partial charge in [-0.15, -0.1) is 0 Å². The van der Waals surface area contributed by atoms with Gasteiger partial charge in [0.1, 0.15) is 5.75 Å². The molecule has 0 saturated heterocycles. The van der Waals surface area contributed by atoms with Crippen LogP contribution in [0, 0.1) is 17.0 Å². The first-order chi connectivity index (χ1) is 9.51. The van der Waals surface area contributed by atoms with Crippen LogP contribution in [0.2, 0.25) is 0 Å². The molecule has 2 aromatic carbocycles. The topological polar surface area (TPSA) is 72.6 Å². The lowest BCUT2D eigenvalue weighted by atomic mass is 10.2. The van der Waals surface area contributed by atoms with Crippen molar-refractivity contribution >= 4 is 21.6 Å². The van der Waals surface area contributed by atoms with Gasteiger partial charge in [0, 0.05) is 10.5 Å². The van der Waals surface area contributed by atoms with E-state index in [1.165, 1.54) is 12.1 Å². The van der Waals surface area contributed by atoms with E-state index in [2.05, 4.69) is 15.9 Å². The van der Waals surface area contributed by atoms with Crippen molar-refractivity contribution in [3.8, 4) is 11.5 Å². The summed E-state index contributed by atoms with van der Waals surface area (Å²) in [6.45, 7) is 1.65. The van der Waals surface area contributed by atoms with E-state index in [1.54, 1.807) is 18.2 Å². The van der Waals surface area contributed by atoms with E-state index in [9.17, 15) is 10.1 Å². The van der Waals surface area contributed by atoms with Crippen LogP contribution >= 0.6 is 15.9 Å². The Hall–Kier alpha value is -1.92. The summed E-state index contributed by atoms with van der Waals surface area (Å²) in [5, 5.41) is 20.1. The molecule has 0 aliphatic rings. The molecule has 1 N–H and O–H groups in total. The zero-order valence-electron chi connectivity index (χ0n) is 10.7. The van der Waals surface area contributed by atoms with Crippen molar-refractivity contribution in [2.45, 2.75) is 13.5 Å². The number of ether oxygens (including phenoxy) is 1. The Labute approximate surface area is 124 Å². The second kappa shape index (κ2) is 6.02. The molecule has 5 nitrogen and oxygen atoms in total. The lowest BCUT2D eigenvalue weighted by Gasteiger charge is -2.08. The average molecular weight is 338 g/mol. The Kier molecular flexibility index (Phi) is 4.36. The van der Waals surface area contributed by atoms with Gasteiger partial charge in [-0.3, -0.25) is 10.1 Å². The smallest absolute Gasteiger partial charge is 0.311 e. The third-order valence-corrected chi connectivity index (χ3v) is 3.65. The first-order valence-corrected chi connectivity index (χ1v) is 6.62. The molecule has 0 fully saturated rings. The van der Waals surface area contributed by atoms with Gasteiger partial charge >= 0.3 is 5.69 Å². The van der Waals surface area contributed by atoms with Crippen molar-refractivity contribution < 1.29 is 14.8 Å². The SMILES string of the molecule is Cc1cc(Oc2ccc(CO)cc2[N+](=O)[O-])ccc1Br. The summed E-state index contributed by atoms with van der Waals surface area (Å²) in [5.74, 6) is 0.666. The molecule has 0 heterocycles. The van der Waals surface area contributed by atoms with Gasteiger partial charge in [0.05, 0.1) is 11.5 Å². The van der Waals surface area contributed by atoms with Crippen LogP contribution in [0.5, 0.6) is 11.5 Å². The molecule has 0 aromatic heterocycles. The van der Waals surface area contributed by atoms with Gasteiger partial charge in [0.2, 0.25) is 5.75 Å². The first-order valence-electron chi connectivity index (χ1n) is 5.83. The van der Waals surface area contributed by atoms with Crippen molar-refractivity contribution in [3.05, 3.63) is 62.1 Å². The van der Waals surface area contributed by atoms with E-state index < -0.39 is 4.92 Å². The fourth-order valence-electron chi connectivity index (χ4n) is 1.70. The van der Waals surface area contributed by atoms with Crippen LogP contribution in [-0.2, 0) is 6.61 Å².